The van der Waals surface area contributed by atoms with Gasteiger partial charge in [-0.1, -0.05) is 6.92 Å². The molecule has 8 heteroatoms. The molecule has 0 atom stereocenters. The monoisotopic (exact) mass is 315 g/mol. The van der Waals surface area contributed by atoms with Gasteiger partial charge in [0.2, 0.25) is 0 Å². The summed E-state index contributed by atoms with van der Waals surface area (Å²) < 4.78 is 30.5. The van der Waals surface area contributed by atoms with Crippen molar-refractivity contribution in [3.05, 3.63) is 18.7 Å². The van der Waals surface area contributed by atoms with Crippen LogP contribution in [0.5, 0.6) is 0 Å². The second-order valence-corrected chi connectivity index (χ2v) is 7.11. The Balaban J connectivity index is 1.73. The van der Waals surface area contributed by atoms with Gasteiger partial charge in [-0.15, -0.1) is 0 Å². The number of hydrogen-bond acceptors (Lipinski definition) is 4. The first-order valence-electron chi connectivity index (χ1n) is 7.53. The minimum atomic E-state index is -3.35. The Labute approximate surface area is 126 Å². The van der Waals surface area contributed by atoms with Crippen LogP contribution in [0.2, 0.25) is 0 Å². The zero-order chi connectivity index (χ0) is 15.1. The molecule has 2 heterocycles. The van der Waals surface area contributed by atoms with E-state index in [9.17, 15) is 8.42 Å². The number of piperidine rings is 1. The third-order valence-corrected chi connectivity index (χ3v) is 5.42. The Bertz CT molecular complexity index is 495. The molecule has 120 valence electrons. The molecule has 1 saturated heterocycles. The Morgan fingerprint density at radius 1 is 1.33 bits per heavy atom. The molecule has 0 spiro atoms. The van der Waals surface area contributed by atoms with Crippen LogP contribution in [0.25, 0.3) is 0 Å². The molecule has 2 rings (SSSR count). The van der Waals surface area contributed by atoms with Crippen molar-refractivity contribution in [1.29, 1.82) is 0 Å². The van der Waals surface area contributed by atoms with Gasteiger partial charge in [-0.05, 0) is 31.8 Å². The molecule has 0 radical (unpaired) electrons. The normalized spacial score (nSPS) is 18.1. The molecule has 1 aromatic rings. The first-order valence-corrected chi connectivity index (χ1v) is 8.97. The summed E-state index contributed by atoms with van der Waals surface area (Å²) in [6.07, 6.45) is 7.04. The zero-order valence-corrected chi connectivity index (χ0v) is 13.3. The van der Waals surface area contributed by atoms with Gasteiger partial charge < -0.3 is 9.88 Å². The molecule has 0 saturated carbocycles. The topological polar surface area (TPSA) is 79.3 Å². The van der Waals surface area contributed by atoms with Gasteiger partial charge in [0, 0.05) is 38.6 Å². The first-order chi connectivity index (χ1) is 10.1. The average Bonchev–Trinajstić information content (AvgIpc) is 2.98. The summed E-state index contributed by atoms with van der Waals surface area (Å²) in [4.78, 5) is 3.93. The van der Waals surface area contributed by atoms with Gasteiger partial charge in [0.05, 0.1) is 6.33 Å². The Morgan fingerprint density at radius 3 is 2.71 bits per heavy atom. The number of imidazole rings is 1. The predicted molar refractivity (Wildman–Crippen MR) is 82.0 cm³/mol. The molecule has 7 nitrogen and oxygen atoms in total. The van der Waals surface area contributed by atoms with Crippen molar-refractivity contribution in [3.8, 4) is 0 Å². The minimum absolute atomic E-state index is 0.385. The zero-order valence-electron chi connectivity index (χ0n) is 12.5. The standard InChI is InChI=1S/C13H25N5O2S/c1-2-14-11-13-3-7-18(8-4-13)21(19,20)16-6-10-17-9-5-15-12-17/h5,9,12-14,16H,2-4,6-8,10-11H2,1H3. The highest BCUT2D eigenvalue weighted by molar-refractivity contribution is 7.87. The van der Waals surface area contributed by atoms with Crippen LogP contribution in [-0.4, -0.2) is 55.0 Å². The number of aromatic nitrogens is 2. The summed E-state index contributed by atoms with van der Waals surface area (Å²) in [7, 11) is -3.35. The minimum Gasteiger partial charge on any atom is -0.336 e. The van der Waals surface area contributed by atoms with Gasteiger partial charge in [0.15, 0.2) is 0 Å². The number of hydrogen-bond donors (Lipinski definition) is 2. The molecule has 0 aliphatic carbocycles. The quantitative estimate of drug-likeness (QED) is 0.710. The predicted octanol–water partition coefficient (Wildman–Crippen LogP) is 0.0390. The molecule has 0 bridgehead atoms. The van der Waals surface area contributed by atoms with E-state index in [1.807, 2.05) is 10.8 Å². The van der Waals surface area contributed by atoms with Crippen LogP contribution in [0.1, 0.15) is 19.8 Å². The SMILES string of the molecule is CCNCC1CCN(S(=O)(=O)NCCn2ccnc2)CC1. The number of rotatable bonds is 8. The van der Waals surface area contributed by atoms with Crippen molar-refractivity contribution in [2.24, 2.45) is 5.92 Å². The fraction of sp³-hybridized carbons (Fsp3) is 0.769. The molecule has 0 unspecified atom stereocenters. The van der Waals surface area contributed by atoms with Crippen molar-refractivity contribution in [2.45, 2.75) is 26.3 Å². The average molecular weight is 315 g/mol. The van der Waals surface area contributed by atoms with Gasteiger partial charge in [-0.3, -0.25) is 0 Å². The van der Waals surface area contributed by atoms with Crippen LogP contribution < -0.4 is 10.0 Å². The molecule has 1 fully saturated rings. The number of nitrogens with zero attached hydrogens (tertiary/aromatic N) is 3. The lowest BCUT2D eigenvalue weighted by molar-refractivity contribution is 0.266. The summed E-state index contributed by atoms with van der Waals surface area (Å²) in [5, 5.41) is 3.33. The Kier molecular flexibility index (Phi) is 6.16. The third kappa shape index (κ3) is 5.06. The maximum Gasteiger partial charge on any atom is 0.279 e. The molecule has 0 aromatic carbocycles. The van der Waals surface area contributed by atoms with Crippen LogP contribution >= 0.6 is 0 Å². The third-order valence-electron chi connectivity index (χ3n) is 3.81. The molecular weight excluding hydrogens is 290 g/mol. The molecule has 21 heavy (non-hydrogen) atoms. The maximum absolute atomic E-state index is 12.2. The first kappa shape index (κ1) is 16.4. The van der Waals surface area contributed by atoms with Crippen molar-refractivity contribution in [2.75, 3.05) is 32.7 Å². The van der Waals surface area contributed by atoms with Crippen LogP contribution in [0, 0.1) is 5.92 Å². The highest BCUT2D eigenvalue weighted by Gasteiger charge is 2.27. The van der Waals surface area contributed by atoms with Crippen molar-refractivity contribution >= 4 is 10.2 Å². The van der Waals surface area contributed by atoms with E-state index in [-0.39, 0.29) is 0 Å². The summed E-state index contributed by atoms with van der Waals surface area (Å²) in [6, 6.07) is 0. The van der Waals surface area contributed by atoms with E-state index in [0.29, 0.717) is 32.1 Å². The summed E-state index contributed by atoms with van der Waals surface area (Å²) >= 11 is 0. The summed E-state index contributed by atoms with van der Waals surface area (Å²) in [5.74, 6) is 0.586. The lowest BCUT2D eigenvalue weighted by Gasteiger charge is -2.31. The van der Waals surface area contributed by atoms with E-state index in [2.05, 4.69) is 21.9 Å². The lowest BCUT2D eigenvalue weighted by Crippen LogP contribution is -2.46. The Hall–Kier alpha value is -0.960. The molecule has 1 aliphatic rings. The molecule has 2 N–H and O–H groups in total. The fourth-order valence-corrected chi connectivity index (χ4v) is 3.74. The fourth-order valence-electron chi connectivity index (χ4n) is 2.52. The van der Waals surface area contributed by atoms with Crippen LogP contribution in [0.3, 0.4) is 0 Å². The van der Waals surface area contributed by atoms with Crippen molar-refractivity contribution in [1.82, 2.24) is 23.9 Å². The Morgan fingerprint density at radius 2 is 2.10 bits per heavy atom. The molecule has 1 aliphatic heterocycles. The van der Waals surface area contributed by atoms with Gasteiger partial charge in [0.25, 0.3) is 10.2 Å². The van der Waals surface area contributed by atoms with Gasteiger partial charge in [-0.25, -0.2) is 9.71 Å². The highest BCUT2D eigenvalue weighted by Crippen LogP contribution is 2.18. The van der Waals surface area contributed by atoms with Gasteiger partial charge >= 0.3 is 0 Å². The second kappa shape index (κ2) is 7.88. The van der Waals surface area contributed by atoms with E-state index in [4.69, 9.17) is 0 Å². The smallest absolute Gasteiger partial charge is 0.279 e. The summed E-state index contributed by atoms with van der Waals surface area (Å²) in [6.45, 7) is 6.23. The largest absolute Gasteiger partial charge is 0.336 e. The summed E-state index contributed by atoms with van der Waals surface area (Å²) in [5.41, 5.74) is 0. The second-order valence-electron chi connectivity index (χ2n) is 5.35. The van der Waals surface area contributed by atoms with Crippen LogP contribution in [-0.2, 0) is 16.8 Å². The molecule has 0 amide bonds. The van der Waals surface area contributed by atoms with Crippen LogP contribution in [0.4, 0.5) is 0 Å². The highest BCUT2D eigenvalue weighted by atomic mass is 32.2. The number of nitrogens with one attached hydrogen (secondary N) is 2. The van der Waals surface area contributed by atoms with Gasteiger partial charge in [-0.2, -0.15) is 12.7 Å². The van der Waals surface area contributed by atoms with E-state index in [1.165, 1.54) is 0 Å². The molecule has 1 aromatic heterocycles. The van der Waals surface area contributed by atoms with E-state index in [0.717, 1.165) is 25.9 Å². The van der Waals surface area contributed by atoms with E-state index < -0.39 is 10.2 Å². The van der Waals surface area contributed by atoms with Crippen LogP contribution in [0.15, 0.2) is 18.7 Å². The van der Waals surface area contributed by atoms with Gasteiger partial charge in [0.1, 0.15) is 0 Å². The maximum atomic E-state index is 12.2. The lowest BCUT2D eigenvalue weighted by atomic mass is 9.98. The van der Waals surface area contributed by atoms with E-state index in [1.54, 1.807) is 16.8 Å². The molecular formula is C13H25N5O2S. The van der Waals surface area contributed by atoms with Crippen molar-refractivity contribution in [3.63, 3.8) is 0 Å². The van der Waals surface area contributed by atoms with E-state index >= 15 is 0 Å². The van der Waals surface area contributed by atoms with Crippen molar-refractivity contribution < 1.29 is 8.42 Å².